The second kappa shape index (κ2) is 12.6. The Labute approximate surface area is 281 Å². The van der Waals surface area contributed by atoms with Gasteiger partial charge in [0.1, 0.15) is 28.7 Å². The van der Waals surface area contributed by atoms with Crippen molar-refractivity contribution in [1.82, 2.24) is 14.5 Å². The van der Waals surface area contributed by atoms with Crippen molar-refractivity contribution in [2.24, 2.45) is 12.5 Å². The van der Waals surface area contributed by atoms with Gasteiger partial charge in [-0.05, 0) is 70.9 Å². The summed E-state index contributed by atoms with van der Waals surface area (Å²) in [5.74, 6) is 2.78. The van der Waals surface area contributed by atoms with Crippen LogP contribution in [0.25, 0.3) is 10.8 Å². The number of aromatic nitrogens is 2. The number of aryl methyl sites for hydroxylation is 1. The Morgan fingerprint density at radius 2 is 1.77 bits per heavy atom. The van der Waals surface area contributed by atoms with E-state index in [1.165, 1.54) is 6.07 Å². The Bertz CT molecular complexity index is 1890. The molecular weight excluding hydrogens is 610 g/mol. The third-order valence-corrected chi connectivity index (χ3v) is 9.46. The van der Waals surface area contributed by atoms with E-state index >= 15 is 0 Å². The minimum atomic E-state index is -0.619. The molecule has 2 bridgehead atoms. The van der Waals surface area contributed by atoms with Gasteiger partial charge in [0.2, 0.25) is 0 Å². The van der Waals surface area contributed by atoms with Crippen LogP contribution >= 0.6 is 0 Å². The summed E-state index contributed by atoms with van der Waals surface area (Å²) in [7, 11) is 5.02. The molecule has 3 aliphatic rings. The first-order valence-electron chi connectivity index (χ1n) is 16.2. The van der Waals surface area contributed by atoms with E-state index in [9.17, 15) is 9.59 Å². The molecule has 11 heteroatoms. The lowest BCUT2D eigenvalue weighted by atomic mass is 9.62. The van der Waals surface area contributed by atoms with Gasteiger partial charge < -0.3 is 39.0 Å². The quantitative estimate of drug-likeness (QED) is 0.197. The molecule has 254 valence electrons. The van der Waals surface area contributed by atoms with Crippen LogP contribution in [0.1, 0.15) is 44.9 Å². The summed E-state index contributed by atoms with van der Waals surface area (Å²) in [6, 6.07) is 17.3. The summed E-state index contributed by atoms with van der Waals surface area (Å²) in [6.07, 6.45) is 3.00. The van der Waals surface area contributed by atoms with Gasteiger partial charge in [-0.1, -0.05) is 12.1 Å². The number of hydrogen-bond acceptors (Lipinski definition) is 9. The number of ether oxygens (including phenoxy) is 4. The molecule has 2 aromatic carbocycles. The Morgan fingerprint density at radius 3 is 2.48 bits per heavy atom. The molecule has 0 spiro atoms. The maximum absolute atomic E-state index is 13.5. The molecule has 11 nitrogen and oxygen atoms in total. The first-order valence-corrected chi connectivity index (χ1v) is 16.2. The van der Waals surface area contributed by atoms with E-state index in [0.717, 1.165) is 57.9 Å². The fourth-order valence-corrected chi connectivity index (χ4v) is 7.09. The van der Waals surface area contributed by atoms with Crippen molar-refractivity contribution in [3.05, 3.63) is 82.4 Å². The van der Waals surface area contributed by atoms with Crippen LogP contribution in [0.15, 0.2) is 65.6 Å². The smallest absolute Gasteiger partial charge is 0.410 e. The van der Waals surface area contributed by atoms with Crippen LogP contribution in [0.3, 0.4) is 0 Å². The number of nitrogens with zero attached hydrogens (tertiary/aromatic N) is 3. The first-order chi connectivity index (χ1) is 22.8. The van der Waals surface area contributed by atoms with Crippen molar-refractivity contribution in [3.8, 4) is 17.2 Å². The highest BCUT2D eigenvalue weighted by molar-refractivity contribution is 6.00. The second-order valence-corrected chi connectivity index (χ2v) is 14.1. The highest BCUT2D eigenvalue weighted by Crippen LogP contribution is 2.60. The third kappa shape index (κ3) is 6.46. The summed E-state index contributed by atoms with van der Waals surface area (Å²) in [6.45, 7) is 9.53. The molecular formula is C37H45N5O6. The fraction of sp³-hybridized carbons (Fsp3) is 0.432. The van der Waals surface area contributed by atoms with Crippen molar-refractivity contribution in [2.75, 3.05) is 44.5 Å². The number of methoxy groups -OCH3 is 2. The third-order valence-electron chi connectivity index (χ3n) is 9.46. The van der Waals surface area contributed by atoms with Crippen LogP contribution in [-0.4, -0.2) is 65.6 Å². The number of benzene rings is 2. The minimum Gasteiger partial charge on any atom is -0.497 e. The number of fused-ring (bicyclic) bond motifs is 2. The second-order valence-electron chi connectivity index (χ2n) is 14.1. The van der Waals surface area contributed by atoms with Crippen LogP contribution in [0, 0.1) is 12.3 Å². The predicted molar refractivity (Wildman–Crippen MR) is 186 cm³/mol. The molecule has 0 radical (unpaired) electrons. The summed E-state index contributed by atoms with van der Waals surface area (Å²) >= 11 is 0. The number of carbonyl (C=O) groups excluding carboxylic acids is 1. The number of amides is 1. The SMILES string of the molecule is COc1ccc(CNc2nccc3c(NCC45CC(COc6cc(C)n(C)c(=O)c6)(CN4C(=O)OC(C)(C)C)C5)cccc23)c(OC)c1. The monoisotopic (exact) mass is 655 g/mol. The number of pyridine rings is 2. The van der Waals surface area contributed by atoms with Gasteiger partial charge in [-0.3, -0.25) is 4.79 Å². The number of rotatable bonds is 11. The first kappa shape index (κ1) is 33.0. The van der Waals surface area contributed by atoms with E-state index in [-0.39, 0.29) is 17.1 Å². The molecule has 0 unspecified atom stereocenters. The van der Waals surface area contributed by atoms with Crippen LogP contribution in [-0.2, 0) is 18.3 Å². The Kier molecular flexibility index (Phi) is 8.65. The van der Waals surface area contributed by atoms with Crippen molar-refractivity contribution < 1.29 is 23.7 Å². The standard InChI is InChI=1S/C37H45N5O6/c1-24-15-27(17-32(43)41(24)5)47-23-36-19-37(20-36,42(22-36)34(44)48-35(2,3)4)21-40-30-10-8-9-29-28(30)13-14-38-33(29)39-18-25-11-12-26(45-6)16-31(25)46-7/h8-17,40H,18-23H2,1-7H3,(H,38,39). The van der Waals surface area contributed by atoms with Gasteiger partial charge >= 0.3 is 6.09 Å². The molecule has 0 atom stereocenters. The molecule has 2 aromatic heterocycles. The van der Waals surface area contributed by atoms with Gasteiger partial charge in [-0.2, -0.15) is 0 Å². The molecule has 1 saturated carbocycles. The lowest BCUT2D eigenvalue weighted by molar-refractivity contribution is 0.000956. The van der Waals surface area contributed by atoms with Gasteiger partial charge in [-0.15, -0.1) is 0 Å². The van der Waals surface area contributed by atoms with E-state index in [1.54, 1.807) is 32.0 Å². The Balaban J connectivity index is 1.20. The normalized spacial score (nSPS) is 19.9. The zero-order valence-electron chi connectivity index (χ0n) is 28.8. The van der Waals surface area contributed by atoms with Crippen LogP contribution in [0.5, 0.6) is 17.2 Å². The van der Waals surface area contributed by atoms with Gasteiger partial charge in [0, 0.05) is 78.1 Å². The highest BCUT2D eigenvalue weighted by atomic mass is 16.6. The van der Waals surface area contributed by atoms with Gasteiger partial charge in [0.05, 0.1) is 26.4 Å². The average Bonchev–Trinajstić information content (AvgIpc) is 3.54. The lowest BCUT2D eigenvalue weighted by Gasteiger charge is -2.47. The molecule has 3 fully saturated rings. The average molecular weight is 656 g/mol. The molecule has 48 heavy (non-hydrogen) atoms. The topological polar surface area (TPSA) is 116 Å². The minimum absolute atomic E-state index is 0.111. The predicted octanol–water partition coefficient (Wildman–Crippen LogP) is 6.13. The summed E-state index contributed by atoms with van der Waals surface area (Å²) < 4.78 is 24.6. The largest absolute Gasteiger partial charge is 0.497 e. The maximum Gasteiger partial charge on any atom is 0.410 e. The zero-order chi connectivity index (χ0) is 34.3. The summed E-state index contributed by atoms with van der Waals surface area (Å²) in [5, 5.41) is 9.15. The van der Waals surface area contributed by atoms with E-state index in [2.05, 4.69) is 21.7 Å². The van der Waals surface area contributed by atoms with E-state index in [4.69, 9.17) is 18.9 Å². The Morgan fingerprint density at radius 1 is 0.979 bits per heavy atom. The molecule has 2 saturated heterocycles. The van der Waals surface area contributed by atoms with Crippen molar-refractivity contribution in [1.29, 1.82) is 0 Å². The number of nitrogens with one attached hydrogen (secondary N) is 2. The maximum atomic E-state index is 13.5. The highest BCUT2D eigenvalue weighted by Gasteiger charge is 2.67. The molecule has 2 aliphatic heterocycles. The van der Waals surface area contributed by atoms with Gasteiger partial charge in [0.15, 0.2) is 0 Å². The molecule has 7 rings (SSSR count). The van der Waals surface area contributed by atoms with Gasteiger partial charge in [0.25, 0.3) is 5.56 Å². The fourth-order valence-electron chi connectivity index (χ4n) is 7.09. The van der Waals surface area contributed by atoms with Crippen molar-refractivity contribution >= 4 is 28.4 Å². The van der Waals surface area contributed by atoms with Crippen LogP contribution < -0.4 is 30.4 Å². The van der Waals surface area contributed by atoms with E-state index in [1.807, 2.05) is 75.1 Å². The molecule has 4 aromatic rings. The molecule has 1 amide bonds. The van der Waals surface area contributed by atoms with Crippen molar-refractivity contribution in [2.45, 2.75) is 58.2 Å². The summed E-state index contributed by atoms with van der Waals surface area (Å²) in [4.78, 5) is 32.4. The van der Waals surface area contributed by atoms with Crippen molar-refractivity contribution in [3.63, 3.8) is 0 Å². The molecule has 4 heterocycles. The van der Waals surface area contributed by atoms with Gasteiger partial charge in [-0.25, -0.2) is 9.78 Å². The summed E-state index contributed by atoms with van der Waals surface area (Å²) in [5.41, 5.74) is 1.37. The van der Waals surface area contributed by atoms with E-state index in [0.29, 0.717) is 32.0 Å². The molecule has 1 aliphatic carbocycles. The number of carbonyl (C=O) groups is 1. The number of anilines is 2. The lowest BCUT2D eigenvalue weighted by Crippen LogP contribution is -2.57. The Hall–Kier alpha value is -4.93. The van der Waals surface area contributed by atoms with E-state index < -0.39 is 11.1 Å². The van der Waals surface area contributed by atoms with Crippen LogP contribution in [0.4, 0.5) is 16.3 Å². The molecule has 2 N–H and O–H groups in total. The zero-order valence-corrected chi connectivity index (χ0v) is 28.8. The van der Waals surface area contributed by atoms with Crippen LogP contribution in [0.2, 0.25) is 0 Å². The number of hydrogen-bond donors (Lipinski definition) is 2.